The molecule has 0 atom stereocenters. The zero-order valence-corrected chi connectivity index (χ0v) is 23.8. The molecule has 4 aromatic carbocycles. The molecule has 1 aliphatic heterocycles. The van der Waals surface area contributed by atoms with E-state index in [9.17, 15) is 4.79 Å². The van der Waals surface area contributed by atoms with Gasteiger partial charge in [-0.05, 0) is 64.6 Å². The van der Waals surface area contributed by atoms with Crippen LogP contribution >= 0.6 is 0 Å². The summed E-state index contributed by atoms with van der Waals surface area (Å²) in [4.78, 5) is 16.0. The maximum Gasteiger partial charge on any atom is 0.212 e. The monoisotopic (exact) mass is 543 g/mol. The van der Waals surface area contributed by atoms with Crippen molar-refractivity contribution in [1.29, 1.82) is 0 Å². The Labute approximate surface area is 233 Å². The van der Waals surface area contributed by atoms with Crippen LogP contribution in [0.3, 0.4) is 0 Å². The van der Waals surface area contributed by atoms with E-state index in [1.54, 1.807) is 60.9 Å². The van der Waals surface area contributed by atoms with E-state index in [2.05, 4.69) is 12.1 Å². The van der Waals surface area contributed by atoms with Crippen LogP contribution in [0.4, 0.5) is 0 Å². The van der Waals surface area contributed by atoms with Crippen LogP contribution in [0, 0.1) is 0 Å². The molecule has 1 heterocycles. The molecule has 8 nitrogen and oxygen atoms in total. The molecule has 0 saturated carbocycles. The fourth-order valence-corrected chi connectivity index (χ4v) is 5.50. The SMILES string of the molecule is COc1ccc(OC)c(C(=O)C2=Cc3c(OC)c(OC)c4c(ccc5cc(OC)c(OC)cc54)c3CCN2C)c1. The number of carbonyl (C=O) groups is 1. The molecule has 0 amide bonds. The normalized spacial score (nSPS) is 12.9. The Morgan fingerprint density at radius 1 is 0.725 bits per heavy atom. The van der Waals surface area contributed by atoms with Gasteiger partial charge in [0.25, 0.3) is 0 Å². The van der Waals surface area contributed by atoms with Gasteiger partial charge in [0, 0.05) is 24.5 Å². The first-order valence-corrected chi connectivity index (χ1v) is 12.8. The molecule has 0 aliphatic carbocycles. The average Bonchev–Trinajstić information content (AvgIpc) is 3.17. The average molecular weight is 544 g/mol. The topological polar surface area (TPSA) is 75.7 Å². The van der Waals surface area contributed by atoms with Gasteiger partial charge in [0.15, 0.2) is 23.0 Å². The fraction of sp³-hybridized carbons (Fsp3) is 0.281. The van der Waals surface area contributed by atoms with Crippen molar-refractivity contribution < 1.29 is 33.2 Å². The van der Waals surface area contributed by atoms with Gasteiger partial charge in [-0.3, -0.25) is 4.79 Å². The Hall–Kier alpha value is -4.59. The van der Waals surface area contributed by atoms with Gasteiger partial charge < -0.3 is 33.3 Å². The quantitative estimate of drug-likeness (QED) is 0.205. The number of carbonyl (C=O) groups excluding carboxylic acids is 1. The number of ketones is 1. The maximum absolute atomic E-state index is 14.0. The Morgan fingerprint density at radius 2 is 1.43 bits per heavy atom. The standard InChI is InChI=1S/C32H33NO7/c1-33-13-12-20-21-10-8-18-14-27(37-4)28(38-5)17-22(18)29(21)32(40-7)31(39-6)23(20)16-25(33)30(34)24-15-19(35-2)9-11-26(24)36-3/h8-11,14-17H,12-13H2,1-7H3. The number of ether oxygens (including phenoxy) is 6. The van der Waals surface area contributed by atoms with Crippen molar-refractivity contribution in [3.63, 3.8) is 0 Å². The molecule has 0 saturated heterocycles. The van der Waals surface area contributed by atoms with Crippen molar-refractivity contribution in [1.82, 2.24) is 4.90 Å². The number of Topliss-reactive ketones (excluding diaryl/α,β-unsaturated/α-hetero) is 1. The highest BCUT2D eigenvalue weighted by Gasteiger charge is 2.28. The first-order valence-electron chi connectivity index (χ1n) is 12.8. The highest BCUT2D eigenvalue weighted by Crippen LogP contribution is 2.48. The zero-order valence-electron chi connectivity index (χ0n) is 23.8. The number of hydrogen-bond acceptors (Lipinski definition) is 8. The third-order valence-corrected chi connectivity index (χ3v) is 7.53. The van der Waals surface area contributed by atoms with Crippen molar-refractivity contribution in [2.24, 2.45) is 0 Å². The van der Waals surface area contributed by atoms with Gasteiger partial charge >= 0.3 is 0 Å². The number of allylic oxidation sites excluding steroid dienone is 1. The summed E-state index contributed by atoms with van der Waals surface area (Å²) in [6.07, 6.45) is 2.58. The highest BCUT2D eigenvalue weighted by atomic mass is 16.5. The van der Waals surface area contributed by atoms with Crippen molar-refractivity contribution in [3.8, 4) is 34.5 Å². The molecule has 0 fully saturated rings. The van der Waals surface area contributed by atoms with E-state index in [1.165, 1.54) is 0 Å². The van der Waals surface area contributed by atoms with E-state index in [0.717, 1.165) is 32.7 Å². The number of likely N-dealkylation sites (N-methyl/N-ethyl adjacent to an activating group) is 1. The second-order valence-corrected chi connectivity index (χ2v) is 9.47. The molecular weight excluding hydrogens is 510 g/mol. The van der Waals surface area contributed by atoms with E-state index in [0.29, 0.717) is 58.7 Å². The molecule has 0 bridgehead atoms. The second kappa shape index (κ2) is 10.9. The maximum atomic E-state index is 14.0. The van der Waals surface area contributed by atoms with Gasteiger partial charge in [-0.25, -0.2) is 0 Å². The Balaban J connectivity index is 1.81. The molecule has 4 aromatic rings. The van der Waals surface area contributed by atoms with Gasteiger partial charge in [-0.1, -0.05) is 12.1 Å². The van der Waals surface area contributed by atoms with Crippen LogP contribution < -0.4 is 28.4 Å². The van der Waals surface area contributed by atoms with Gasteiger partial charge in [0.05, 0.1) is 53.9 Å². The van der Waals surface area contributed by atoms with Crippen LogP contribution in [0.5, 0.6) is 34.5 Å². The summed E-state index contributed by atoms with van der Waals surface area (Å²) in [5, 5.41) is 3.86. The van der Waals surface area contributed by atoms with Crippen LogP contribution in [-0.2, 0) is 6.42 Å². The smallest absolute Gasteiger partial charge is 0.212 e. The molecule has 0 unspecified atom stereocenters. The summed E-state index contributed by atoms with van der Waals surface area (Å²) in [7, 11) is 11.5. The predicted molar refractivity (Wildman–Crippen MR) is 156 cm³/mol. The van der Waals surface area contributed by atoms with Gasteiger partial charge in [-0.2, -0.15) is 0 Å². The summed E-state index contributed by atoms with van der Waals surface area (Å²) in [5.74, 6) is 3.29. The van der Waals surface area contributed by atoms with Gasteiger partial charge in [0.2, 0.25) is 5.78 Å². The van der Waals surface area contributed by atoms with E-state index in [4.69, 9.17) is 28.4 Å². The van der Waals surface area contributed by atoms with Crippen LogP contribution in [0.25, 0.3) is 27.6 Å². The Bertz CT molecular complexity index is 1660. The summed E-state index contributed by atoms with van der Waals surface area (Å²) in [5.41, 5.74) is 2.80. The van der Waals surface area contributed by atoms with Crippen molar-refractivity contribution in [3.05, 3.63) is 64.9 Å². The van der Waals surface area contributed by atoms with Crippen LogP contribution in [0.1, 0.15) is 21.5 Å². The largest absolute Gasteiger partial charge is 0.497 e. The van der Waals surface area contributed by atoms with E-state index in [-0.39, 0.29) is 5.78 Å². The van der Waals surface area contributed by atoms with Gasteiger partial charge in [0.1, 0.15) is 11.5 Å². The number of hydrogen-bond donors (Lipinski definition) is 0. The fourth-order valence-electron chi connectivity index (χ4n) is 5.50. The van der Waals surface area contributed by atoms with E-state index in [1.807, 2.05) is 30.2 Å². The molecule has 8 heteroatoms. The molecule has 0 spiro atoms. The lowest BCUT2D eigenvalue weighted by Gasteiger charge is -2.21. The lowest BCUT2D eigenvalue weighted by atomic mass is 9.91. The number of nitrogens with zero attached hydrogens (tertiary/aromatic N) is 1. The van der Waals surface area contributed by atoms with Gasteiger partial charge in [-0.15, -0.1) is 0 Å². The minimum atomic E-state index is -0.178. The number of rotatable bonds is 8. The number of benzene rings is 4. The predicted octanol–water partition coefficient (Wildman–Crippen LogP) is 5.76. The van der Waals surface area contributed by atoms with Crippen LogP contribution in [0.2, 0.25) is 0 Å². The summed E-state index contributed by atoms with van der Waals surface area (Å²) in [6.45, 7) is 0.616. The molecule has 0 aromatic heterocycles. The molecule has 40 heavy (non-hydrogen) atoms. The van der Waals surface area contributed by atoms with Crippen LogP contribution in [0.15, 0.2) is 48.2 Å². The lowest BCUT2D eigenvalue weighted by Crippen LogP contribution is -2.25. The summed E-state index contributed by atoms with van der Waals surface area (Å²) in [6, 6.07) is 13.3. The van der Waals surface area contributed by atoms with Crippen LogP contribution in [-0.4, -0.2) is 66.9 Å². The third-order valence-electron chi connectivity index (χ3n) is 7.53. The van der Waals surface area contributed by atoms with E-state index < -0.39 is 0 Å². The van der Waals surface area contributed by atoms with E-state index >= 15 is 0 Å². The number of fused-ring (bicyclic) bond motifs is 5. The Kier molecular flexibility index (Phi) is 7.34. The molecular formula is C32H33NO7. The second-order valence-electron chi connectivity index (χ2n) is 9.47. The lowest BCUT2D eigenvalue weighted by molar-refractivity contribution is 0.0997. The van der Waals surface area contributed by atoms with Crippen molar-refractivity contribution in [2.75, 3.05) is 56.3 Å². The summed E-state index contributed by atoms with van der Waals surface area (Å²) >= 11 is 0. The van der Waals surface area contributed by atoms with Crippen molar-refractivity contribution in [2.45, 2.75) is 6.42 Å². The highest BCUT2D eigenvalue weighted by molar-refractivity contribution is 6.16. The molecule has 5 rings (SSSR count). The Morgan fingerprint density at radius 3 is 2.08 bits per heavy atom. The van der Waals surface area contributed by atoms with Crippen molar-refractivity contribution >= 4 is 33.4 Å². The molecule has 0 N–H and O–H groups in total. The first kappa shape index (κ1) is 27.0. The minimum Gasteiger partial charge on any atom is -0.497 e. The number of methoxy groups -OCH3 is 6. The third kappa shape index (κ3) is 4.29. The molecule has 208 valence electrons. The first-order chi connectivity index (χ1) is 19.4. The zero-order chi connectivity index (χ0) is 28.6. The molecule has 0 radical (unpaired) electrons. The molecule has 1 aliphatic rings. The minimum absolute atomic E-state index is 0.178. The summed E-state index contributed by atoms with van der Waals surface area (Å²) < 4.78 is 34.1.